The second kappa shape index (κ2) is 5.01. The van der Waals surface area contributed by atoms with Crippen LogP contribution in [0, 0.1) is 12.3 Å². The number of fused-ring (bicyclic) bond motifs is 1. The predicted octanol–water partition coefficient (Wildman–Crippen LogP) is 1.92. The van der Waals surface area contributed by atoms with Crippen LogP contribution in [0.4, 0.5) is 0 Å². The molecule has 3 aliphatic rings. The molecule has 5 nitrogen and oxygen atoms in total. The Morgan fingerprint density at radius 1 is 1.41 bits per heavy atom. The van der Waals surface area contributed by atoms with E-state index < -0.39 is 0 Å². The van der Waals surface area contributed by atoms with Crippen molar-refractivity contribution in [1.29, 1.82) is 0 Å². The first-order valence-corrected chi connectivity index (χ1v) is 8.44. The van der Waals surface area contributed by atoms with Gasteiger partial charge in [0.2, 0.25) is 0 Å². The Morgan fingerprint density at radius 2 is 2.23 bits per heavy atom. The Labute approximate surface area is 131 Å². The minimum atomic E-state index is 0.0794. The Hall–Kier alpha value is -1.49. The molecule has 1 N–H and O–H groups in total. The van der Waals surface area contributed by atoms with Crippen molar-refractivity contribution in [3.63, 3.8) is 0 Å². The fourth-order valence-electron chi connectivity index (χ4n) is 4.94. The van der Waals surface area contributed by atoms with Crippen molar-refractivity contribution in [2.24, 2.45) is 5.41 Å². The maximum absolute atomic E-state index is 13.0. The number of hydrogen-bond acceptors (Lipinski definition) is 4. The van der Waals surface area contributed by atoms with Gasteiger partial charge in [-0.2, -0.15) is 0 Å². The van der Waals surface area contributed by atoms with E-state index in [1.807, 2.05) is 6.92 Å². The highest BCUT2D eigenvalue weighted by molar-refractivity contribution is 5.92. The smallest absolute Gasteiger partial charge is 0.272 e. The van der Waals surface area contributed by atoms with Gasteiger partial charge in [-0.3, -0.25) is 4.79 Å². The number of nitrogens with zero attached hydrogens (tertiary/aromatic N) is 3. The van der Waals surface area contributed by atoms with Gasteiger partial charge in [-0.05, 0) is 32.3 Å². The van der Waals surface area contributed by atoms with E-state index in [1.54, 1.807) is 12.3 Å². The average molecular weight is 300 g/mol. The third-order valence-electron chi connectivity index (χ3n) is 5.95. The average Bonchev–Trinajstić information content (AvgIpc) is 2.66. The highest BCUT2D eigenvalue weighted by Gasteiger charge is 2.55. The monoisotopic (exact) mass is 300 g/mol. The van der Waals surface area contributed by atoms with Crippen LogP contribution in [-0.4, -0.2) is 45.4 Å². The van der Waals surface area contributed by atoms with Crippen molar-refractivity contribution in [3.05, 3.63) is 23.8 Å². The number of likely N-dealkylation sites (tertiary alicyclic amines) is 1. The summed E-state index contributed by atoms with van der Waals surface area (Å²) in [4.78, 5) is 23.6. The van der Waals surface area contributed by atoms with Gasteiger partial charge in [0, 0.05) is 36.3 Å². The number of nitrogens with one attached hydrogen (secondary N) is 1. The zero-order chi connectivity index (χ0) is 15.3. The lowest BCUT2D eigenvalue weighted by Gasteiger charge is -2.46. The van der Waals surface area contributed by atoms with Gasteiger partial charge in [-0.15, -0.1) is 0 Å². The molecule has 118 valence electrons. The number of aromatic nitrogens is 2. The lowest BCUT2D eigenvalue weighted by Crippen LogP contribution is -2.55. The van der Waals surface area contributed by atoms with Gasteiger partial charge in [-0.1, -0.05) is 19.8 Å². The van der Waals surface area contributed by atoms with E-state index in [0.717, 1.165) is 13.0 Å². The Kier molecular flexibility index (Phi) is 3.22. The SMILES string of the molecule is Cc1nccc(C(=O)N2C[C@@H]3C[C@@]4(C)[C@H](CCCC[C@@H]24)N3)n1. The van der Waals surface area contributed by atoms with E-state index in [4.69, 9.17) is 0 Å². The molecule has 1 aliphatic carbocycles. The van der Waals surface area contributed by atoms with Crippen LogP contribution in [0.3, 0.4) is 0 Å². The second-order valence-corrected chi connectivity index (χ2v) is 7.37. The Morgan fingerprint density at radius 3 is 3.05 bits per heavy atom. The van der Waals surface area contributed by atoms with E-state index >= 15 is 0 Å². The topological polar surface area (TPSA) is 58.1 Å². The molecular formula is C17H24N4O. The first-order valence-electron chi connectivity index (χ1n) is 8.44. The van der Waals surface area contributed by atoms with Crippen LogP contribution in [0.25, 0.3) is 0 Å². The van der Waals surface area contributed by atoms with Crippen LogP contribution in [-0.2, 0) is 0 Å². The number of carbonyl (C=O) groups excluding carboxylic acids is 1. The number of amides is 1. The zero-order valence-electron chi connectivity index (χ0n) is 13.4. The molecule has 0 radical (unpaired) electrons. The first kappa shape index (κ1) is 14.1. The molecular weight excluding hydrogens is 276 g/mol. The summed E-state index contributed by atoms with van der Waals surface area (Å²) in [5.41, 5.74) is 0.759. The molecule has 4 rings (SSSR count). The minimum Gasteiger partial charge on any atom is -0.332 e. The number of hydrogen-bond donors (Lipinski definition) is 1. The van der Waals surface area contributed by atoms with Gasteiger partial charge >= 0.3 is 0 Å². The van der Waals surface area contributed by atoms with Crippen LogP contribution in [0.2, 0.25) is 0 Å². The fraction of sp³-hybridized carbons (Fsp3) is 0.706. The standard InChI is InChI=1S/C17H24N4O/c1-11-18-8-7-13(19-11)16(22)21-10-12-9-17(2)14(20-12)5-3-4-6-15(17)21/h7-8,12,14-15,20H,3-6,9-10H2,1-2H3/t12-,14-,15+,17-/m0/s1. The van der Waals surface area contributed by atoms with E-state index in [9.17, 15) is 4.79 Å². The molecule has 3 fully saturated rings. The summed E-state index contributed by atoms with van der Waals surface area (Å²) in [5, 5.41) is 3.79. The Balaban J connectivity index is 1.68. The van der Waals surface area contributed by atoms with Gasteiger partial charge in [0.25, 0.3) is 5.91 Å². The molecule has 0 unspecified atom stereocenters. The minimum absolute atomic E-state index is 0.0794. The summed E-state index contributed by atoms with van der Waals surface area (Å²) in [7, 11) is 0. The summed E-state index contributed by atoms with van der Waals surface area (Å²) in [6.07, 6.45) is 7.75. The summed E-state index contributed by atoms with van der Waals surface area (Å²) in [5.74, 6) is 0.740. The van der Waals surface area contributed by atoms with Gasteiger partial charge < -0.3 is 10.2 Å². The van der Waals surface area contributed by atoms with Gasteiger partial charge in [-0.25, -0.2) is 9.97 Å². The normalized spacial score (nSPS) is 37.0. The molecule has 2 saturated heterocycles. The lowest BCUT2D eigenvalue weighted by molar-refractivity contribution is 0.0278. The van der Waals surface area contributed by atoms with Gasteiger partial charge in [0.05, 0.1) is 0 Å². The summed E-state index contributed by atoms with van der Waals surface area (Å²) < 4.78 is 0. The molecule has 0 spiro atoms. The third-order valence-corrected chi connectivity index (χ3v) is 5.95. The highest BCUT2D eigenvalue weighted by Crippen LogP contribution is 2.49. The van der Waals surface area contributed by atoms with Crippen LogP contribution >= 0.6 is 0 Å². The molecule has 0 aromatic carbocycles. The fourth-order valence-corrected chi connectivity index (χ4v) is 4.94. The first-order chi connectivity index (χ1) is 10.6. The molecule has 1 amide bonds. The van der Waals surface area contributed by atoms with E-state index in [0.29, 0.717) is 29.6 Å². The molecule has 1 saturated carbocycles. The third kappa shape index (κ3) is 2.06. The van der Waals surface area contributed by atoms with E-state index in [2.05, 4.69) is 27.1 Å². The zero-order valence-corrected chi connectivity index (χ0v) is 13.4. The van der Waals surface area contributed by atoms with Gasteiger partial charge in [0.1, 0.15) is 11.5 Å². The maximum Gasteiger partial charge on any atom is 0.272 e. The van der Waals surface area contributed by atoms with Crippen LogP contribution in [0.1, 0.15) is 55.3 Å². The molecule has 3 heterocycles. The van der Waals surface area contributed by atoms with Crippen LogP contribution in [0.15, 0.2) is 12.3 Å². The quantitative estimate of drug-likeness (QED) is 0.861. The molecule has 2 aliphatic heterocycles. The number of piperidine rings is 1. The molecule has 5 heteroatoms. The van der Waals surface area contributed by atoms with Crippen molar-refractivity contribution in [3.8, 4) is 0 Å². The lowest BCUT2D eigenvalue weighted by atomic mass is 9.71. The summed E-state index contributed by atoms with van der Waals surface area (Å²) in [6.45, 7) is 5.03. The van der Waals surface area contributed by atoms with Crippen molar-refractivity contribution in [2.75, 3.05) is 6.54 Å². The number of aryl methyl sites for hydroxylation is 1. The number of carbonyl (C=O) groups is 1. The summed E-state index contributed by atoms with van der Waals surface area (Å²) in [6, 6.07) is 3.09. The van der Waals surface area contributed by atoms with Crippen LogP contribution < -0.4 is 5.32 Å². The largest absolute Gasteiger partial charge is 0.332 e. The molecule has 22 heavy (non-hydrogen) atoms. The molecule has 2 bridgehead atoms. The van der Waals surface area contributed by atoms with Gasteiger partial charge in [0.15, 0.2) is 0 Å². The van der Waals surface area contributed by atoms with Crippen LogP contribution in [0.5, 0.6) is 0 Å². The predicted molar refractivity (Wildman–Crippen MR) is 83.5 cm³/mol. The summed E-state index contributed by atoms with van der Waals surface area (Å²) >= 11 is 0. The Bertz CT molecular complexity index is 604. The molecule has 1 aromatic rings. The number of rotatable bonds is 1. The van der Waals surface area contributed by atoms with Crippen molar-refractivity contribution < 1.29 is 4.79 Å². The van der Waals surface area contributed by atoms with E-state index in [1.165, 1.54) is 25.7 Å². The molecule has 1 aromatic heterocycles. The van der Waals surface area contributed by atoms with E-state index in [-0.39, 0.29) is 11.3 Å². The second-order valence-electron chi connectivity index (χ2n) is 7.37. The molecule has 4 atom stereocenters. The van der Waals surface area contributed by atoms with Crippen molar-refractivity contribution in [1.82, 2.24) is 20.2 Å². The maximum atomic E-state index is 13.0. The van der Waals surface area contributed by atoms with Crippen molar-refractivity contribution >= 4 is 5.91 Å². The van der Waals surface area contributed by atoms with Crippen molar-refractivity contribution in [2.45, 2.75) is 64.1 Å². The highest BCUT2D eigenvalue weighted by atomic mass is 16.2.